The van der Waals surface area contributed by atoms with E-state index >= 15 is 0 Å². The molecule has 0 saturated carbocycles. The maximum absolute atomic E-state index is 12.6. The van der Waals surface area contributed by atoms with Crippen LogP contribution in [0.5, 0.6) is 0 Å². The number of nitrogens with zero attached hydrogens (tertiary/aromatic N) is 2. The Labute approximate surface area is 170 Å². The minimum Gasteiger partial charge on any atom is -0.461 e. The van der Waals surface area contributed by atoms with Gasteiger partial charge in [-0.15, -0.1) is 0 Å². The lowest BCUT2D eigenvalue weighted by Gasteiger charge is -2.17. The molecule has 0 fully saturated rings. The van der Waals surface area contributed by atoms with Crippen molar-refractivity contribution >= 4 is 21.8 Å². The molecular formula is C21H22N2O5S. The SMILES string of the molecule is CC(=O)c1ccc(S(=O)(=O)N(C)CCCC(=O)OCc2ccc(C#N)cc2)cc1. The van der Waals surface area contributed by atoms with Gasteiger partial charge in [0.2, 0.25) is 10.0 Å². The Kier molecular flexibility index (Phi) is 7.65. The van der Waals surface area contributed by atoms with E-state index in [0.29, 0.717) is 17.5 Å². The maximum atomic E-state index is 12.6. The van der Waals surface area contributed by atoms with Crippen molar-refractivity contribution in [1.29, 1.82) is 5.26 Å². The van der Waals surface area contributed by atoms with Crippen LogP contribution in [0.3, 0.4) is 0 Å². The van der Waals surface area contributed by atoms with Gasteiger partial charge in [-0.1, -0.05) is 24.3 Å². The molecule has 0 aliphatic rings. The Bertz CT molecular complexity index is 1010. The maximum Gasteiger partial charge on any atom is 0.306 e. The molecule has 0 spiro atoms. The molecule has 0 bridgehead atoms. The first kappa shape index (κ1) is 22.3. The number of hydrogen-bond donors (Lipinski definition) is 0. The number of ketones is 1. The lowest BCUT2D eigenvalue weighted by atomic mass is 10.2. The Morgan fingerprint density at radius 1 is 1.07 bits per heavy atom. The van der Waals surface area contributed by atoms with Gasteiger partial charge in [-0.05, 0) is 43.2 Å². The summed E-state index contributed by atoms with van der Waals surface area (Å²) in [5.74, 6) is -0.562. The van der Waals surface area contributed by atoms with Crippen LogP contribution in [0.1, 0.15) is 41.3 Å². The third kappa shape index (κ3) is 6.24. The quantitative estimate of drug-likeness (QED) is 0.461. The molecule has 8 heteroatoms. The Morgan fingerprint density at radius 3 is 2.24 bits per heavy atom. The summed E-state index contributed by atoms with van der Waals surface area (Å²) < 4.78 is 31.4. The van der Waals surface area contributed by atoms with Gasteiger partial charge in [0.15, 0.2) is 5.78 Å². The van der Waals surface area contributed by atoms with E-state index in [9.17, 15) is 18.0 Å². The molecule has 152 valence electrons. The van der Waals surface area contributed by atoms with Crippen molar-refractivity contribution in [1.82, 2.24) is 4.31 Å². The normalized spacial score (nSPS) is 11.1. The predicted molar refractivity (Wildman–Crippen MR) is 106 cm³/mol. The summed E-state index contributed by atoms with van der Waals surface area (Å²) in [5, 5.41) is 8.76. The van der Waals surface area contributed by atoms with Crippen molar-refractivity contribution in [2.24, 2.45) is 0 Å². The summed E-state index contributed by atoms with van der Waals surface area (Å²) in [4.78, 5) is 23.3. The van der Waals surface area contributed by atoms with Crippen LogP contribution in [0, 0.1) is 11.3 Å². The minimum absolute atomic E-state index is 0.0828. The predicted octanol–water partition coefficient (Wildman–Crippen LogP) is 2.90. The standard InChI is InChI=1S/C21H22N2O5S/c1-16(24)19-9-11-20(12-10-19)29(26,27)23(2)13-3-4-21(25)28-15-18-7-5-17(14-22)6-8-18/h5-12H,3-4,13,15H2,1-2H3. The molecular weight excluding hydrogens is 392 g/mol. The van der Waals surface area contributed by atoms with Crippen LogP contribution in [-0.2, 0) is 26.2 Å². The number of carbonyl (C=O) groups is 2. The number of Topliss-reactive ketones (excluding diaryl/α,β-unsaturated/α-hetero) is 1. The van der Waals surface area contributed by atoms with E-state index in [0.717, 1.165) is 5.56 Å². The fourth-order valence-electron chi connectivity index (χ4n) is 2.52. The van der Waals surface area contributed by atoms with E-state index in [1.807, 2.05) is 6.07 Å². The second kappa shape index (κ2) is 9.96. The molecule has 2 rings (SSSR count). The molecule has 0 atom stereocenters. The monoisotopic (exact) mass is 414 g/mol. The summed E-state index contributed by atoms with van der Waals surface area (Å²) in [6, 6.07) is 14.5. The van der Waals surface area contributed by atoms with Crippen molar-refractivity contribution in [3.05, 3.63) is 65.2 Å². The number of hydrogen-bond acceptors (Lipinski definition) is 6. The first-order chi connectivity index (χ1) is 13.7. The van der Waals surface area contributed by atoms with E-state index < -0.39 is 16.0 Å². The highest BCUT2D eigenvalue weighted by atomic mass is 32.2. The average molecular weight is 414 g/mol. The van der Waals surface area contributed by atoms with Gasteiger partial charge >= 0.3 is 5.97 Å². The van der Waals surface area contributed by atoms with Gasteiger partial charge in [-0.25, -0.2) is 12.7 Å². The molecule has 0 amide bonds. The lowest BCUT2D eigenvalue weighted by Crippen LogP contribution is -2.28. The van der Waals surface area contributed by atoms with Gasteiger partial charge in [0, 0.05) is 25.6 Å². The van der Waals surface area contributed by atoms with Crippen LogP contribution < -0.4 is 0 Å². The first-order valence-corrected chi connectivity index (χ1v) is 10.4. The molecule has 0 aromatic heterocycles. The summed E-state index contributed by atoms with van der Waals surface area (Å²) in [5.41, 5.74) is 1.74. The van der Waals surface area contributed by atoms with E-state index in [-0.39, 0.29) is 30.3 Å². The fraction of sp³-hybridized carbons (Fsp3) is 0.286. The highest BCUT2D eigenvalue weighted by molar-refractivity contribution is 7.89. The molecule has 2 aromatic rings. The second-order valence-corrected chi connectivity index (χ2v) is 8.52. The van der Waals surface area contributed by atoms with Gasteiger partial charge in [0.1, 0.15) is 6.61 Å². The van der Waals surface area contributed by atoms with Crippen LogP contribution in [0.25, 0.3) is 0 Å². The van der Waals surface area contributed by atoms with E-state index in [2.05, 4.69) is 0 Å². The zero-order valence-electron chi connectivity index (χ0n) is 16.3. The fourth-order valence-corrected chi connectivity index (χ4v) is 3.73. The topological polar surface area (TPSA) is 105 Å². The highest BCUT2D eigenvalue weighted by Gasteiger charge is 2.21. The average Bonchev–Trinajstić information content (AvgIpc) is 2.72. The van der Waals surface area contributed by atoms with Gasteiger partial charge in [-0.2, -0.15) is 5.26 Å². The van der Waals surface area contributed by atoms with Crippen molar-refractivity contribution in [2.45, 2.75) is 31.3 Å². The van der Waals surface area contributed by atoms with Gasteiger partial charge in [0.25, 0.3) is 0 Å². The highest BCUT2D eigenvalue weighted by Crippen LogP contribution is 2.16. The molecule has 29 heavy (non-hydrogen) atoms. The van der Waals surface area contributed by atoms with E-state index in [1.165, 1.54) is 42.5 Å². The van der Waals surface area contributed by atoms with Crippen LogP contribution in [-0.4, -0.2) is 38.1 Å². The molecule has 0 unspecified atom stereocenters. The number of ether oxygens (including phenoxy) is 1. The van der Waals surface area contributed by atoms with Crippen LogP contribution >= 0.6 is 0 Å². The summed E-state index contributed by atoms with van der Waals surface area (Å²) in [6.45, 7) is 1.67. The van der Waals surface area contributed by atoms with E-state index in [4.69, 9.17) is 10.00 Å². The lowest BCUT2D eigenvalue weighted by molar-refractivity contribution is -0.145. The molecule has 7 nitrogen and oxygen atoms in total. The Morgan fingerprint density at radius 2 is 1.69 bits per heavy atom. The summed E-state index contributed by atoms with van der Waals surface area (Å²) in [6.07, 6.45) is 0.396. The molecule has 2 aromatic carbocycles. The van der Waals surface area contributed by atoms with Crippen molar-refractivity contribution in [3.63, 3.8) is 0 Å². The van der Waals surface area contributed by atoms with Crippen LogP contribution in [0.4, 0.5) is 0 Å². The second-order valence-electron chi connectivity index (χ2n) is 6.48. The van der Waals surface area contributed by atoms with Crippen molar-refractivity contribution in [3.8, 4) is 6.07 Å². The Balaban J connectivity index is 1.81. The molecule has 0 saturated heterocycles. The van der Waals surface area contributed by atoms with E-state index in [1.54, 1.807) is 24.3 Å². The largest absolute Gasteiger partial charge is 0.461 e. The van der Waals surface area contributed by atoms with Gasteiger partial charge in [0.05, 0.1) is 16.5 Å². The van der Waals surface area contributed by atoms with Crippen LogP contribution in [0.15, 0.2) is 53.4 Å². The zero-order valence-corrected chi connectivity index (χ0v) is 17.1. The molecule has 0 radical (unpaired) electrons. The summed E-state index contributed by atoms with van der Waals surface area (Å²) >= 11 is 0. The zero-order chi connectivity index (χ0) is 21.4. The van der Waals surface area contributed by atoms with Gasteiger partial charge in [-0.3, -0.25) is 9.59 Å². The molecule has 0 aliphatic carbocycles. The number of carbonyl (C=O) groups excluding carboxylic acids is 2. The number of esters is 1. The summed E-state index contributed by atoms with van der Waals surface area (Å²) in [7, 11) is -2.26. The molecule has 0 heterocycles. The number of nitriles is 1. The number of sulfonamides is 1. The van der Waals surface area contributed by atoms with Crippen molar-refractivity contribution < 1.29 is 22.7 Å². The third-order valence-electron chi connectivity index (χ3n) is 4.31. The minimum atomic E-state index is -3.70. The number of rotatable bonds is 9. The molecule has 0 N–H and O–H groups in total. The third-order valence-corrected chi connectivity index (χ3v) is 6.18. The smallest absolute Gasteiger partial charge is 0.306 e. The van der Waals surface area contributed by atoms with Crippen LogP contribution in [0.2, 0.25) is 0 Å². The number of benzene rings is 2. The van der Waals surface area contributed by atoms with Gasteiger partial charge < -0.3 is 4.74 Å². The van der Waals surface area contributed by atoms with Crippen molar-refractivity contribution in [2.75, 3.05) is 13.6 Å². The first-order valence-electron chi connectivity index (χ1n) is 8.96. The Hall–Kier alpha value is -3.02. The molecule has 0 aliphatic heterocycles.